The van der Waals surface area contributed by atoms with Gasteiger partial charge in [0.2, 0.25) is 11.3 Å². The number of rotatable bonds is 6. The monoisotopic (exact) mass is 388 g/mol. The number of aromatic hydroxyl groups is 1. The number of fused-ring (bicyclic) bond motifs is 1. The summed E-state index contributed by atoms with van der Waals surface area (Å²) < 4.78 is 6.85. The van der Waals surface area contributed by atoms with Gasteiger partial charge in [-0.25, -0.2) is 4.98 Å². The zero-order valence-electron chi connectivity index (χ0n) is 15.2. The highest BCUT2D eigenvalue weighted by Crippen LogP contribution is 2.23. The number of aromatic amines is 1. The van der Waals surface area contributed by atoms with E-state index in [0.29, 0.717) is 16.5 Å². The van der Waals surface area contributed by atoms with Crippen LogP contribution in [0.25, 0.3) is 11.0 Å². The number of amides is 1. The van der Waals surface area contributed by atoms with Gasteiger partial charge in [0.05, 0.1) is 36.1 Å². The number of thioether (sulfide) groups is 1. The third-order valence-corrected chi connectivity index (χ3v) is 5.11. The molecule has 3 rings (SSSR count). The van der Waals surface area contributed by atoms with E-state index in [1.165, 1.54) is 17.8 Å². The molecule has 0 atom stereocenters. The molecular weight excluding hydrogens is 368 g/mol. The number of hydrogen-bond donors (Lipinski definition) is 3. The quantitative estimate of drug-likeness (QED) is 0.555. The molecule has 0 aliphatic heterocycles. The van der Waals surface area contributed by atoms with Crippen LogP contribution in [0.4, 0.5) is 0 Å². The average molecular weight is 388 g/mol. The normalized spacial score (nSPS) is 10.9. The van der Waals surface area contributed by atoms with Crippen LogP contribution < -0.4 is 15.5 Å². The Bertz CT molecular complexity index is 1060. The van der Waals surface area contributed by atoms with E-state index in [9.17, 15) is 14.7 Å². The lowest BCUT2D eigenvalue weighted by Crippen LogP contribution is -2.27. The first-order valence-electron chi connectivity index (χ1n) is 8.20. The SMILES string of the molecule is COc1ccc2nc(SCC(=O)NCc3c(O)c(=O)cc(C)n3C)[nH]c2c1. The van der Waals surface area contributed by atoms with Crippen LogP contribution in [-0.4, -0.2) is 38.4 Å². The van der Waals surface area contributed by atoms with Crippen molar-refractivity contribution in [3.63, 3.8) is 0 Å². The summed E-state index contributed by atoms with van der Waals surface area (Å²) in [6.45, 7) is 1.83. The zero-order chi connectivity index (χ0) is 19.6. The number of benzene rings is 1. The molecule has 2 aromatic heterocycles. The molecule has 8 nitrogen and oxygen atoms in total. The summed E-state index contributed by atoms with van der Waals surface area (Å²) in [4.78, 5) is 31.4. The van der Waals surface area contributed by atoms with Crippen LogP contribution in [0, 0.1) is 6.92 Å². The highest BCUT2D eigenvalue weighted by molar-refractivity contribution is 7.99. The van der Waals surface area contributed by atoms with Gasteiger partial charge in [-0.05, 0) is 19.1 Å². The smallest absolute Gasteiger partial charge is 0.230 e. The van der Waals surface area contributed by atoms with Crippen molar-refractivity contribution in [1.82, 2.24) is 19.9 Å². The Labute approximate surface area is 159 Å². The summed E-state index contributed by atoms with van der Waals surface area (Å²) in [5.41, 5.74) is 2.24. The highest BCUT2D eigenvalue weighted by Gasteiger charge is 2.13. The van der Waals surface area contributed by atoms with Crippen LogP contribution in [0.5, 0.6) is 11.5 Å². The molecule has 0 aliphatic rings. The molecule has 1 amide bonds. The molecule has 1 aromatic carbocycles. The Hall–Kier alpha value is -2.94. The maximum atomic E-state index is 12.1. The predicted molar refractivity (Wildman–Crippen MR) is 103 cm³/mol. The average Bonchev–Trinajstić information content (AvgIpc) is 3.06. The number of carbonyl (C=O) groups is 1. The molecule has 0 fully saturated rings. The van der Waals surface area contributed by atoms with E-state index in [4.69, 9.17) is 4.74 Å². The van der Waals surface area contributed by atoms with Crippen LogP contribution in [0.2, 0.25) is 0 Å². The number of carbonyl (C=O) groups excluding carboxylic acids is 1. The largest absolute Gasteiger partial charge is 0.503 e. The van der Waals surface area contributed by atoms with E-state index in [2.05, 4.69) is 15.3 Å². The number of nitrogens with one attached hydrogen (secondary N) is 2. The molecule has 0 spiro atoms. The van der Waals surface area contributed by atoms with Crippen LogP contribution in [0.15, 0.2) is 34.2 Å². The number of imidazole rings is 1. The molecule has 3 N–H and O–H groups in total. The molecule has 2 heterocycles. The van der Waals surface area contributed by atoms with E-state index in [1.807, 2.05) is 18.2 Å². The Kier molecular flexibility index (Phi) is 5.41. The fourth-order valence-corrected chi connectivity index (χ4v) is 3.31. The van der Waals surface area contributed by atoms with Gasteiger partial charge in [-0.15, -0.1) is 0 Å². The summed E-state index contributed by atoms with van der Waals surface area (Å²) in [7, 11) is 3.33. The van der Waals surface area contributed by atoms with E-state index in [0.717, 1.165) is 16.8 Å². The minimum absolute atomic E-state index is 0.0655. The highest BCUT2D eigenvalue weighted by atomic mass is 32.2. The maximum Gasteiger partial charge on any atom is 0.230 e. The van der Waals surface area contributed by atoms with Gasteiger partial charge in [0.1, 0.15) is 5.75 Å². The summed E-state index contributed by atoms with van der Waals surface area (Å²) in [6.07, 6.45) is 0. The molecule has 0 saturated heterocycles. The number of ether oxygens (including phenoxy) is 1. The molecule has 0 bridgehead atoms. The molecule has 0 unspecified atom stereocenters. The Morgan fingerprint density at radius 2 is 2.19 bits per heavy atom. The second-order valence-electron chi connectivity index (χ2n) is 5.99. The van der Waals surface area contributed by atoms with Crippen molar-refractivity contribution in [3.8, 4) is 11.5 Å². The second kappa shape index (κ2) is 7.75. The topological polar surface area (TPSA) is 109 Å². The first-order valence-corrected chi connectivity index (χ1v) is 9.19. The summed E-state index contributed by atoms with van der Waals surface area (Å²) in [5.74, 6) is 0.301. The van der Waals surface area contributed by atoms with E-state index in [1.54, 1.807) is 25.6 Å². The van der Waals surface area contributed by atoms with Crippen LogP contribution >= 0.6 is 11.8 Å². The Morgan fingerprint density at radius 3 is 2.93 bits per heavy atom. The number of aromatic nitrogens is 3. The predicted octanol–water partition coefficient (Wildman–Crippen LogP) is 1.69. The van der Waals surface area contributed by atoms with Crippen molar-refractivity contribution in [2.45, 2.75) is 18.6 Å². The molecule has 0 aliphatic carbocycles. The summed E-state index contributed by atoms with van der Waals surface area (Å²) >= 11 is 1.27. The third-order valence-electron chi connectivity index (χ3n) is 4.24. The lowest BCUT2D eigenvalue weighted by atomic mass is 10.2. The minimum atomic E-state index is -0.457. The lowest BCUT2D eigenvalue weighted by molar-refractivity contribution is -0.118. The Balaban J connectivity index is 1.61. The number of methoxy groups -OCH3 is 1. The van der Waals surface area contributed by atoms with Crippen molar-refractivity contribution >= 4 is 28.7 Å². The summed E-state index contributed by atoms with van der Waals surface area (Å²) in [6, 6.07) is 6.86. The van der Waals surface area contributed by atoms with Gasteiger partial charge >= 0.3 is 0 Å². The number of hydrogen-bond acceptors (Lipinski definition) is 6. The van der Waals surface area contributed by atoms with Gasteiger partial charge < -0.3 is 24.7 Å². The molecule has 0 saturated carbocycles. The van der Waals surface area contributed by atoms with Crippen molar-refractivity contribution in [2.75, 3.05) is 12.9 Å². The minimum Gasteiger partial charge on any atom is -0.503 e. The zero-order valence-corrected chi connectivity index (χ0v) is 16.0. The molecule has 3 aromatic rings. The number of pyridine rings is 1. The fraction of sp³-hybridized carbons (Fsp3) is 0.278. The van der Waals surface area contributed by atoms with E-state index < -0.39 is 5.43 Å². The van der Waals surface area contributed by atoms with Gasteiger partial charge in [-0.1, -0.05) is 11.8 Å². The number of H-pyrrole nitrogens is 1. The van der Waals surface area contributed by atoms with Gasteiger partial charge in [0, 0.05) is 24.9 Å². The van der Waals surface area contributed by atoms with Gasteiger partial charge in [-0.3, -0.25) is 9.59 Å². The lowest BCUT2D eigenvalue weighted by Gasteiger charge is -2.14. The standard InChI is InChI=1S/C18H20N4O4S/c1-10-6-15(23)17(25)14(22(10)2)8-19-16(24)9-27-18-20-12-5-4-11(26-3)7-13(12)21-18/h4-7,25H,8-9H2,1-3H3,(H,19,24)(H,20,21). The molecule has 0 radical (unpaired) electrons. The number of nitrogens with zero attached hydrogens (tertiary/aromatic N) is 2. The second-order valence-corrected chi connectivity index (χ2v) is 6.96. The van der Waals surface area contributed by atoms with Gasteiger partial charge in [-0.2, -0.15) is 0 Å². The maximum absolute atomic E-state index is 12.1. The molecule has 9 heteroatoms. The van der Waals surface area contributed by atoms with Crippen LogP contribution in [0.1, 0.15) is 11.4 Å². The number of aryl methyl sites for hydroxylation is 1. The van der Waals surface area contributed by atoms with Crippen molar-refractivity contribution in [3.05, 3.63) is 45.9 Å². The first-order chi connectivity index (χ1) is 12.9. The summed E-state index contributed by atoms with van der Waals surface area (Å²) in [5, 5.41) is 13.3. The Morgan fingerprint density at radius 1 is 1.41 bits per heavy atom. The molecule has 27 heavy (non-hydrogen) atoms. The van der Waals surface area contributed by atoms with Crippen LogP contribution in [-0.2, 0) is 18.4 Å². The fourth-order valence-electron chi connectivity index (χ4n) is 2.60. The first kappa shape index (κ1) is 18.8. The van der Waals surface area contributed by atoms with Crippen molar-refractivity contribution in [2.24, 2.45) is 7.05 Å². The van der Waals surface area contributed by atoms with Crippen molar-refractivity contribution in [1.29, 1.82) is 0 Å². The van der Waals surface area contributed by atoms with E-state index >= 15 is 0 Å². The molecular formula is C18H20N4O4S. The molecule has 142 valence electrons. The van der Waals surface area contributed by atoms with Crippen LogP contribution in [0.3, 0.4) is 0 Å². The third kappa shape index (κ3) is 4.08. The van der Waals surface area contributed by atoms with E-state index in [-0.39, 0.29) is 24.0 Å². The van der Waals surface area contributed by atoms with Gasteiger partial charge in [0.15, 0.2) is 10.9 Å². The van der Waals surface area contributed by atoms with Crippen molar-refractivity contribution < 1.29 is 14.6 Å². The van der Waals surface area contributed by atoms with Gasteiger partial charge in [0.25, 0.3) is 0 Å².